The van der Waals surface area contributed by atoms with E-state index in [4.69, 9.17) is 9.47 Å². The SMILES string of the molecule is COc1ccc(OC)c(CNC(=O)C(C)NC(=O)Nc2ccccc2)c1. The predicted octanol–water partition coefficient (Wildman–Crippen LogP) is 2.53. The van der Waals surface area contributed by atoms with Crippen molar-refractivity contribution in [2.45, 2.75) is 19.5 Å². The van der Waals surface area contributed by atoms with Gasteiger partial charge in [0.25, 0.3) is 0 Å². The van der Waals surface area contributed by atoms with Crippen LogP contribution < -0.4 is 25.4 Å². The lowest BCUT2D eigenvalue weighted by atomic mass is 10.2. The van der Waals surface area contributed by atoms with Crippen molar-refractivity contribution in [3.05, 3.63) is 54.1 Å². The van der Waals surface area contributed by atoms with Gasteiger partial charge in [-0.05, 0) is 37.3 Å². The number of ether oxygens (including phenoxy) is 2. The molecule has 1 atom stereocenters. The van der Waals surface area contributed by atoms with Crippen LogP contribution in [0.2, 0.25) is 0 Å². The number of methoxy groups -OCH3 is 2. The van der Waals surface area contributed by atoms with E-state index in [-0.39, 0.29) is 12.5 Å². The van der Waals surface area contributed by atoms with E-state index in [1.54, 1.807) is 51.5 Å². The lowest BCUT2D eigenvalue weighted by Gasteiger charge is -2.16. The maximum Gasteiger partial charge on any atom is 0.319 e. The number of rotatable bonds is 7. The standard InChI is InChI=1S/C19H23N3O4/c1-13(21-19(24)22-15-7-5-4-6-8-15)18(23)20-12-14-11-16(25-2)9-10-17(14)26-3/h4-11,13H,12H2,1-3H3,(H,20,23)(H2,21,22,24). The lowest BCUT2D eigenvalue weighted by molar-refractivity contribution is -0.122. The molecule has 7 nitrogen and oxygen atoms in total. The van der Waals surface area contributed by atoms with E-state index >= 15 is 0 Å². The maximum absolute atomic E-state index is 12.2. The van der Waals surface area contributed by atoms with Gasteiger partial charge in [-0.2, -0.15) is 0 Å². The quantitative estimate of drug-likeness (QED) is 0.710. The molecule has 26 heavy (non-hydrogen) atoms. The fraction of sp³-hybridized carbons (Fsp3) is 0.263. The molecule has 2 aromatic rings. The summed E-state index contributed by atoms with van der Waals surface area (Å²) in [7, 11) is 3.13. The number of amides is 3. The lowest BCUT2D eigenvalue weighted by Crippen LogP contribution is -2.46. The van der Waals surface area contributed by atoms with Crippen LogP contribution in [-0.4, -0.2) is 32.2 Å². The van der Waals surface area contributed by atoms with E-state index in [0.29, 0.717) is 17.2 Å². The molecule has 0 spiro atoms. The Labute approximate surface area is 152 Å². The minimum Gasteiger partial charge on any atom is -0.497 e. The molecule has 0 saturated heterocycles. The molecule has 0 heterocycles. The molecule has 7 heteroatoms. The zero-order valence-corrected chi connectivity index (χ0v) is 15.0. The highest BCUT2D eigenvalue weighted by Gasteiger charge is 2.16. The summed E-state index contributed by atoms with van der Waals surface area (Å²) in [6.45, 7) is 1.87. The molecule has 138 valence electrons. The Kier molecular flexibility index (Phi) is 6.84. The van der Waals surface area contributed by atoms with Gasteiger partial charge >= 0.3 is 6.03 Å². The summed E-state index contributed by atoms with van der Waals surface area (Å²) in [5.74, 6) is 1.01. The Morgan fingerprint density at radius 3 is 2.42 bits per heavy atom. The fourth-order valence-corrected chi connectivity index (χ4v) is 2.31. The molecule has 1 unspecified atom stereocenters. The summed E-state index contributed by atoms with van der Waals surface area (Å²) in [6.07, 6.45) is 0. The predicted molar refractivity (Wildman–Crippen MR) is 99.5 cm³/mol. The second-order valence-corrected chi connectivity index (χ2v) is 5.58. The summed E-state index contributed by atoms with van der Waals surface area (Å²) in [6, 6.07) is 13.2. The van der Waals surface area contributed by atoms with Gasteiger partial charge in [0.2, 0.25) is 5.91 Å². The highest BCUT2D eigenvalue weighted by molar-refractivity contribution is 5.93. The third-order valence-electron chi connectivity index (χ3n) is 3.71. The molecule has 0 bridgehead atoms. The minimum atomic E-state index is -0.699. The number of urea groups is 1. The normalized spacial score (nSPS) is 11.2. The highest BCUT2D eigenvalue weighted by atomic mass is 16.5. The van der Waals surface area contributed by atoms with Gasteiger partial charge in [0.05, 0.1) is 14.2 Å². The largest absolute Gasteiger partial charge is 0.497 e. The molecule has 0 aliphatic rings. The van der Waals surface area contributed by atoms with E-state index in [1.165, 1.54) is 0 Å². The van der Waals surface area contributed by atoms with Crippen LogP contribution in [0.5, 0.6) is 11.5 Å². The first kappa shape index (κ1) is 19.1. The molecule has 3 amide bonds. The molecule has 0 fully saturated rings. The summed E-state index contributed by atoms with van der Waals surface area (Å²) >= 11 is 0. The van der Waals surface area contributed by atoms with Crippen LogP contribution in [0, 0.1) is 0 Å². The van der Waals surface area contributed by atoms with Crippen LogP contribution in [0.3, 0.4) is 0 Å². The van der Waals surface area contributed by atoms with Crippen molar-refractivity contribution in [1.82, 2.24) is 10.6 Å². The topological polar surface area (TPSA) is 88.7 Å². The van der Waals surface area contributed by atoms with Crippen molar-refractivity contribution in [3.8, 4) is 11.5 Å². The van der Waals surface area contributed by atoms with Crippen molar-refractivity contribution in [2.75, 3.05) is 19.5 Å². The van der Waals surface area contributed by atoms with Gasteiger partial charge in [-0.15, -0.1) is 0 Å². The molecular formula is C19H23N3O4. The number of nitrogens with one attached hydrogen (secondary N) is 3. The first-order chi connectivity index (χ1) is 12.5. The fourth-order valence-electron chi connectivity index (χ4n) is 2.31. The van der Waals surface area contributed by atoms with Gasteiger partial charge in [-0.25, -0.2) is 4.79 Å². The summed E-state index contributed by atoms with van der Waals surface area (Å²) in [5.41, 5.74) is 1.43. The van der Waals surface area contributed by atoms with E-state index in [9.17, 15) is 9.59 Å². The molecule has 0 radical (unpaired) electrons. The Morgan fingerprint density at radius 1 is 1.04 bits per heavy atom. The van der Waals surface area contributed by atoms with Gasteiger partial charge in [0, 0.05) is 17.8 Å². The van der Waals surface area contributed by atoms with Gasteiger partial charge in [-0.1, -0.05) is 18.2 Å². The molecular weight excluding hydrogens is 334 g/mol. The van der Waals surface area contributed by atoms with Crippen LogP contribution in [0.15, 0.2) is 48.5 Å². The minimum absolute atomic E-state index is 0.255. The number of hydrogen-bond donors (Lipinski definition) is 3. The molecule has 0 aliphatic carbocycles. The molecule has 2 rings (SSSR count). The van der Waals surface area contributed by atoms with Crippen LogP contribution in [-0.2, 0) is 11.3 Å². The molecule has 2 aromatic carbocycles. The van der Waals surface area contributed by atoms with Crippen molar-refractivity contribution in [3.63, 3.8) is 0 Å². The molecule has 0 aliphatic heterocycles. The average molecular weight is 357 g/mol. The smallest absolute Gasteiger partial charge is 0.319 e. The number of hydrogen-bond acceptors (Lipinski definition) is 4. The monoisotopic (exact) mass is 357 g/mol. The van der Waals surface area contributed by atoms with E-state index < -0.39 is 12.1 Å². The Morgan fingerprint density at radius 2 is 1.77 bits per heavy atom. The van der Waals surface area contributed by atoms with Gasteiger partial charge in [0.15, 0.2) is 0 Å². The second-order valence-electron chi connectivity index (χ2n) is 5.58. The second kappa shape index (κ2) is 9.31. The zero-order valence-electron chi connectivity index (χ0n) is 15.0. The third kappa shape index (κ3) is 5.41. The highest BCUT2D eigenvalue weighted by Crippen LogP contribution is 2.23. The zero-order chi connectivity index (χ0) is 18.9. The van der Waals surface area contributed by atoms with Gasteiger partial charge in [0.1, 0.15) is 17.5 Å². The van der Waals surface area contributed by atoms with Gasteiger partial charge < -0.3 is 25.4 Å². The van der Waals surface area contributed by atoms with E-state index in [0.717, 1.165) is 5.56 Å². The van der Waals surface area contributed by atoms with Crippen molar-refractivity contribution >= 4 is 17.6 Å². The van der Waals surface area contributed by atoms with Crippen molar-refractivity contribution in [1.29, 1.82) is 0 Å². The Balaban J connectivity index is 1.88. The van der Waals surface area contributed by atoms with E-state index in [2.05, 4.69) is 16.0 Å². The molecule has 3 N–H and O–H groups in total. The van der Waals surface area contributed by atoms with Crippen LogP contribution in [0.25, 0.3) is 0 Å². The van der Waals surface area contributed by atoms with Crippen molar-refractivity contribution < 1.29 is 19.1 Å². The van der Waals surface area contributed by atoms with Crippen LogP contribution in [0.4, 0.5) is 10.5 Å². The number of para-hydroxylation sites is 1. The number of carbonyl (C=O) groups excluding carboxylic acids is 2. The maximum atomic E-state index is 12.2. The Bertz CT molecular complexity index is 750. The first-order valence-corrected chi connectivity index (χ1v) is 8.14. The number of benzene rings is 2. The molecule has 0 saturated carbocycles. The molecule has 0 aromatic heterocycles. The van der Waals surface area contributed by atoms with E-state index in [1.807, 2.05) is 18.2 Å². The van der Waals surface area contributed by atoms with Crippen LogP contribution in [0.1, 0.15) is 12.5 Å². The first-order valence-electron chi connectivity index (χ1n) is 8.14. The van der Waals surface area contributed by atoms with Gasteiger partial charge in [-0.3, -0.25) is 4.79 Å². The summed E-state index contributed by atoms with van der Waals surface area (Å²) in [5, 5.41) is 8.04. The van der Waals surface area contributed by atoms with Crippen molar-refractivity contribution in [2.24, 2.45) is 0 Å². The third-order valence-corrected chi connectivity index (χ3v) is 3.71. The average Bonchev–Trinajstić information content (AvgIpc) is 2.66. The Hall–Kier alpha value is -3.22. The number of carbonyl (C=O) groups is 2. The van der Waals surface area contributed by atoms with Crippen LogP contribution >= 0.6 is 0 Å². The summed E-state index contributed by atoms with van der Waals surface area (Å²) in [4.78, 5) is 24.2. The summed E-state index contributed by atoms with van der Waals surface area (Å²) < 4.78 is 10.5. The number of anilines is 1.